The van der Waals surface area contributed by atoms with Crippen molar-refractivity contribution < 1.29 is 4.74 Å². The van der Waals surface area contributed by atoms with Gasteiger partial charge in [0.2, 0.25) is 0 Å². The van der Waals surface area contributed by atoms with Crippen LogP contribution in [0.1, 0.15) is 24.4 Å². The highest BCUT2D eigenvalue weighted by Crippen LogP contribution is 2.24. The van der Waals surface area contributed by atoms with Gasteiger partial charge in [-0.05, 0) is 43.0 Å². The molecule has 2 N–H and O–H groups in total. The first-order chi connectivity index (χ1) is 8.78. The molecule has 1 unspecified atom stereocenters. The number of ether oxygens (including phenoxy) is 1. The fourth-order valence-electron chi connectivity index (χ4n) is 2.53. The SMILES string of the molecule is COc1ccc2cc(C3CCCN3)c(=O)[nH]c2c1. The average molecular weight is 244 g/mol. The number of H-pyrrole nitrogens is 1. The Hall–Kier alpha value is -1.81. The van der Waals surface area contributed by atoms with Gasteiger partial charge in [-0.15, -0.1) is 0 Å². The summed E-state index contributed by atoms with van der Waals surface area (Å²) in [5.41, 5.74) is 1.65. The molecule has 18 heavy (non-hydrogen) atoms. The zero-order valence-corrected chi connectivity index (χ0v) is 10.3. The number of rotatable bonds is 2. The van der Waals surface area contributed by atoms with Gasteiger partial charge in [0.25, 0.3) is 5.56 Å². The molecule has 1 saturated heterocycles. The van der Waals surface area contributed by atoms with E-state index in [9.17, 15) is 4.79 Å². The molecule has 0 radical (unpaired) electrons. The third-order valence-corrected chi connectivity index (χ3v) is 3.52. The highest BCUT2D eigenvalue weighted by molar-refractivity contribution is 5.80. The molecular weight excluding hydrogens is 228 g/mol. The number of benzene rings is 1. The summed E-state index contributed by atoms with van der Waals surface area (Å²) in [6, 6.07) is 7.91. The molecule has 1 fully saturated rings. The largest absolute Gasteiger partial charge is 0.497 e. The van der Waals surface area contributed by atoms with Gasteiger partial charge >= 0.3 is 0 Å². The number of pyridine rings is 1. The van der Waals surface area contributed by atoms with E-state index in [4.69, 9.17) is 4.74 Å². The standard InChI is InChI=1S/C14H16N2O2/c1-18-10-5-4-9-7-11(12-3-2-6-15-12)14(17)16-13(9)8-10/h4-5,7-8,12,15H,2-3,6H2,1H3,(H,16,17). The molecule has 0 aliphatic carbocycles. The lowest BCUT2D eigenvalue weighted by molar-refractivity contribution is 0.415. The van der Waals surface area contributed by atoms with E-state index < -0.39 is 0 Å². The molecule has 0 spiro atoms. The van der Waals surface area contributed by atoms with Gasteiger partial charge in [0, 0.05) is 17.7 Å². The lowest BCUT2D eigenvalue weighted by Gasteiger charge is -2.11. The number of hydrogen-bond acceptors (Lipinski definition) is 3. The highest BCUT2D eigenvalue weighted by atomic mass is 16.5. The lowest BCUT2D eigenvalue weighted by Crippen LogP contribution is -2.22. The van der Waals surface area contributed by atoms with Crippen molar-refractivity contribution in [3.8, 4) is 5.75 Å². The Morgan fingerprint density at radius 3 is 2.94 bits per heavy atom. The number of aromatic nitrogens is 1. The van der Waals surface area contributed by atoms with Crippen LogP contribution in [0.3, 0.4) is 0 Å². The van der Waals surface area contributed by atoms with Gasteiger partial charge in [-0.1, -0.05) is 0 Å². The van der Waals surface area contributed by atoms with Crippen LogP contribution >= 0.6 is 0 Å². The van der Waals surface area contributed by atoms with Gasteiger partial charge in [0.1, 0.15) is 5.75 Å². The zero-order chi connectivity index (χ0) is 12.5. The third kappa shape index (κ3) is 1.88. The van der Waals surface area contributed by atoms with E-state index in [0.717, 1.165) is 41.6 Å². The third-order valence-electron chi connectivity index (χ3n) is 3.52. The van der Waals surface area contributed by atoms with Crippen molar-refractivity contribution in [1.82, 2.24) is 10.3 Å². The highest BCUT2D eigenvalue weighted by Gasteiger charge is 2.19. The molecule has 2 aromatic rings. The van der Waals surface area contributed by atoms with Crippen LogP contribution in [0.2, 0.25) is 0 Å². The fourth-order valence-corrected chi connectivity index (χ4v) is 2.53. The summed E-state index contributed by atoms with van der Waals surface area (Å²) in [6.07, 6.45) is 2.16. The van der Waals surface area contributed by atoms with E-state index in [0.29, 0.717) is 0 Å². The first-order valence-corrected chi connectivity index (χ1v) is 6.22. The second kappa shape index (κ2) is 4.46. The second-order valence-corrected chi connectivity index (χ2v) is 4.66. The van der Waals surface area contributed by atoms with Crippen LogP contribution in [-0.2, 0) is 0 Å². The molecule has 1 aromatic carbocycles. The molecule has 4 heteroatoms. The number of methoxy groups -OCH3 is 1. The maximum atomic E-state index is 12.1. The number of nitrogens with one attached hydrogen (secondary N) is 2. The van der Waals surface area contributed by atoms with Crippen molar-refractivity contribution in [2.45, 2.75) is 18.9 Å². The maximum Gasteiger partial charge on any atom is 0.253 e. The zero-order valence-electron chi connectivity index (χ0n) is 10.3. The maximum absolute atomic E-state index is 12.1. The minimum Gasteiger partial charge on any atom is -0.497 e. The molecule has 4 nitrogen and oxygen atoms in total. The Balaban J connectivity index is 2.12. The average Bonchev–Trinajstić information content (AvgIpc) is 2.91. The smallest absolute Gasteiger partial charge is 0.253 e. The van der Waals surface area contributed by atoms with Crippen molar-refractivity contribution >= 4 is 10.9 Å². The molecule has 2 heterocycles. The number of fused-ring (bicyclic) bond motifs is 1. The summed E-state index contributed by atoms with van der Waals surface area (Å²) in [5.74, 6) is 0.755. The van der Waals surface area contributed by atoms with Crippen molar-refractivity contribution in [2.24, 2.45) is 0 Å². The molecule has 0 bridgehead atoms. The van der Waals surface area contributed by atoms with E-state index in [-0.39, 0.29) is 11.6 Å². The minimum absolute atomic E-state index is 0.00449. The summed E-state index contributed by atoms with van der Waals surface area (Å²) in [6.45, 7) is 0.991. The number of aromatic amines is 1. The van der Waals surface area contributed by atoms with Crippen molar-refractivity contribution in [3.05, 3.63) is 40.2 Å². The summed E-state index contributed by atoms with van der Waals surface area (Å²) in [4.78, 5) is 15.0. The molecule has 0 amide bonds. The molecular formula is C14H16N2O2. The van der Waals surface area contributed by atoms with Gasteiger partial charge in [-0.2, -0.15) is 0 Å². The monoisotopic (exact) mass is 244 g/mol. The second-order valence-electron chi connectivity index (χ2n) is 4.66. The van der Waals surface area contributed by atoms with Crippen LogP contribution in [-0.4, -0.2) is 18.6 Å². The van der Waals surface area contributed by atoms with Crippen molar-refractivity contribution in [1.29, 1.82) is 0 Å². The Morgan fingerprint density at radius 1 is 1.33 bits per heavy atom. The Morgan fingerprint density at radius 2 is 2.22 bits per heavy atom. The van der Waals surface area contributed by atoms with Crippen LogP contribution in [0.15, 0.2) is 29.1 Å². The molecule has 94 valence electrons. The molecule has 3 rings (SSSR count). The van der Waals surface area contributed by atoms with E-state index in [1.807, 2.05) is 24.3 Å². The van der Waals surface area contributed by atoms with Gasteiger partial charge in [0.05, 0.1) is 12.6 Å². The normalized spacial score (nSPS) is 19.3. The summed E-state index contributed by atoms with van der Waals surface area (Å²) >= 11 is 0. The molecule has 1 aliphatic heterocycles. The Kier molecular flexibility index (Phi) is 2.80. The summed E-state index contributed by atoms with van der Waals surface area (Å²) < 4.78 is 5.16. The van der Waals surface area contributed by atoms with Crippen molar-refractivity contribution in [3.63, 3.8) is 0 Å². The van der Waals surface area contributed by atoms with Gasteiger partial charge in [-0.25, -0.2) is 0 Å². The molecule has 0 saturated carbocycles. The topological polar surface area (TPSA) is 54.1 Å². The lowest BCUT2D eigenvalue weighted by atomic mass is 10.0. The first-order valence-electron chi connectivity index (χ1n) is 6.22. The van der Waals surface area contributed by atoms with Gasteiger partial charge in [0.15, 0.2) is 0 Å². The first kappa shape index (κ1) is 11.3. The van der Waals surface area contributed by atoms with Crippen LogP contribution in [0.25, 0.3) is 10.9 Å². The van der Waals surface area contributed by atoms with Crippen LogP contribution < -0.4 is 15.6 Å². The van der Waals surface area contributed by atoms with Gasteiger partial charge in [-0.3, -0.25) is 4.79 Å². The molecule has 1 atom stereocenters. The van der Waals surface area contributed by atoms with E-state index in [2.05, 4.69) is 10.3 Å². The quantitative estimate of drug-likeness (QED) is 0.849. The Labute approximate surface area is 105 Å². The van der Waals surface area contributed by atoms with Gasteiger partial charge < -0.3 is 15.0 Å². The minimum atomic E-state index is -0.00449. The predicted octanol–water partition coefficient (Wildman–Crippen LogP) is 1.96. The van der Waals surface area contributed by atoms with E-state index in [1.54, 1.807) is 7.11 Å². The summed E-state index contributed by atoms with van der Waals surface area (Å²) in [5, 5.41) is 4.40. The summed E-state index contributed by atoms with van der Waals surface area (Å²) in [7, 11) is 1.62. The molecule has 1 aliphatic rings. The van der Waals surface area contributed by atoms with Crippen LogP contribution in [0.4, 0.5) is 0 Å². The Bertz CT molecular complexity index is 627. The van der Waals surface area contributed by atoms with Crippen LogP contribution in [0.5, 0.6) is 5.75 Å². The predicted molar refractivity (Wildman–Crippen MR) is 71.1 cm³/mol. The van der Waals surface area contributed by atoms with E-state index >= 15 is 0 Å². The number of hydrogen-bond donors (Lipinski definition) is 2. The van der Waals surface area contributed by atoms with Crippen molar-refractivity contribution in [2.75, 3.05) is 13.7 Å². The fraction of sp³-hybridized carbons (Fsp3) is 0.357. The molecule has 1 aromatic heterocycles. The van der Waals surface area contributed by atoms with E-state index in [1.165, 1.54) is 0 Å². The van der Waals surface area contributed by atoms with Crippen LogP contribution in [0, 0.1) is 0 Å².